The molecule has 0 aromatic heterocycles. The van der Waals surface area contributed by atoms with Crippen LogP contribution in [0.1, 0.15) is 57.1 Å². The molecule has 6 nitrogen and oxygen atoms in total. The fourth-order valence-corrected chi connectivity index (χ4v) is 4.47. The number of carboxylic acid groups (broad SMARTS) is 1. The number of benzene rings is 1. The van der Waals surface area contributed by atoms with E-state index in [0.717, 1.165) is 25.7 Å². The van der Waals surface area contributed by atoms with Crippen molar-refractivity contribution in [1.29, 1.82) is 0 Å². The van der Waals surface area contributed by atoms with E-state index in [4.69, 9.17) is 5.11 Å². The van der Waals surface area contributed by atoms with Crippen LogP contribution in [-0.2, 0) is 4.79 Å². The Morgan fingerprint density at radius 1 is 1.19 bits per heavy atom. The second-order valence-electron chi connectivity index (χ2n) is 7.83. The fraction of sp³-hybridized carbons (Fsp3) is 0.619. The summed E-state index contributed by atoms with van der Waals surface area (Å²) in [6.45, 7) is 2.76. The molecule has 2 aliphatic carbocycles. The Morgan fingerprint density at radius 2 is 1.85 bits per heavy atom. The minimum atomic E-state index is -0.798. The largest absolute Gasteiger partial charge is 0.480 e. The van der Waals surface area contributed by atoms with Gasteiger partial charge in [0.2, 0.25) is 0 Å². The molecular weight excluding hydrogens is 342 g/mol. The van der Waals surface area contributed by atoms with Gasteiger partial charge in [-0.3, -0.25) is 9.69 Å². The van der Waals surface area contributed by atoms with E-state index in [1.54, 1.807) is 0 Å². The minimum Gasteiger partial charge on any atom is -0.480 e. The highest BCUT2D eigenvalue weighted by atomic mass is 16.4. The molecule has 2 aliphatic rings. The van der Waals surface area contributed by atoms with Gasteiger partial charge in [0, 0.05) is 12.1 Å². The topological polar surface area (TPSA) is 81.7 Å². The van der Waals surface area contributed by atoms with E-state index in [2.05, 4.69) is 22.8 Å². The molecular formula is C21H31N3O3. The zero-order chi connectivity index (χ0) is 19.2. The van der Waals surface area contributed by atoms with Crippen LogP contribution in [0.3, 0.4) is 0 Å². The third-order valence-corrected chi connectivity index (χ3v) is 6.03. The average molecular weight is 373 g/mol. The molecule has 0 aliphatic heterocycles. The first kappa shape index (κ1) is 19.7. The molecule has 3 rings (SSSR count). The van der Waals surface area contributed by atoms with Crippen molar-refractivity contribution in [3.63, 3.8) is 0 Å². The number of carboxylic acids is 1. The van der Waals surface area contributed by atoms with Gasteiger partial charge in [-0.2, -0.15) is 0 Å². The molecule has 6 heteroatoms. The molecule has 0 heterocycles. The second-order valence-corrected chi connectivity index (χ2v) is 7.83. The number of likely N-dealkylation sites (N-methyl/N-ethyl adjacent to an activating group) is 1. The van der Waals surface area contributed by atoms with E-state index in [0.29, 0.717) is 12.5 Å². The third-order valence-electron chi connectivity index (χ3n) is 6.03. The highest BCUT2D eigenvalue weighted by Gasteiger charge is 2.35. The number of nitrogens with zero attached hydrogens (tertiary/aromatic N) is 1. The summed E-state index contributed by atoms with van der Waals surface area (Å²) in [5.74, 6) is -0.299. The first-order chi connectivity index (χ1) is 13.1. The SMILES string of the molecule is CCN(CC(=O)O)C1CC(NC(=O)NC(c2ccccc2)C2CCCC2)C1. The molecule has 148 valence electrons. The van der Waals surface area contributed by atoms with Gasteiger partial charge in [0.25, 0.3) is 0 Å². The maximum atomic E-state index is 12.6. The first-order valence-corrected chi connectivity index (χ1v) is 10.1. The van der Waals surface area contributed by atoms with E-state index in [-0.39, 0.29) is 30.7 Å². The van der Waals surface area contributed by atoms with E-state index in [9.17, 15) is 9.59 Å². The Kier molecular flexibility index (Phi) is 6.72. The molecule has 0 radical (unpaired) electrons. The molecule has 0 bridgehead atoms. The Hall–Kier alpha value is -2.08. The lowest BCUT2D eigenvalue weighted by Crippen LogP contribution is -2.56. The van der Waals surface area contributed by atoms with Crippen LogP contribution in [-0.4, -0.2) is 47.2 Å². The van der Waals surface area contributed by atoms with Crippen molar-refractivity contribution in [2.75, 3.05) is 13.1 Å². The molecule has 2 amide bonds. The Labute approximate surface area is 161 Å². The standard InChI is InChI=1S/C21H31N3O3/c1-2-24(14-19(25)26)18-12-17(13-18)22-21(27)23-20(16-10-6-7-11-16)15-8-4-3-5-9-15/h3-5,8-9,16-18,20H,2,6-7,10-14H2,1H3,(H,25,26)(H2,22,23,27). The Morgan fingerprint density at radius 3 is 2.44 bits per heavy atom. The second kappa shape index (κ2) is 9.22. The van der Waals surface area contributed by atoms with Crippen LogP contribution in [0.25, 0.3) is 0 Å². The molecule has 3 N–H and O–H groups in total. The van der Waals surface area contributed by atoms with Crippen LogP contribution in [0, 0.1) is 5.92 Å². The van der Waals surface area contributed by atoms with Crippen LogP contribution < -0.4 is 10.6 Å². The van der Waals surface area contributed by atoms with Crippen molar-refractivity contribution < 1.29 is 14.7 Å². The Balaban J connectivity index is 1.51. The summed E-state index contributed by atoms with van der Waals surface area (Å²) in [6.07, 6.45) is 6.41. The minimum absolute atomic E-state index is 0.0590. The number of aliphatic carboxylic acids is 1. The van der Waals surface area contributed by atoms with Gasteiger partial charge < -0.3 is 15.7 Å². The number of rotatable bonds is 8. The predicted molar refractivity (Wildman–Crippen MR) is 105 cm³/mol. The first-order valence-electron chi connectivity index (χ1n) is 10.1. The average Bonchev–Trinajstić information content (AvgIpc) is 3.15. The number of nitrogens with one attached hydrogen (secondary N) is 2. The number of carbonyl (C=O) groups is 2. The molecule has 1 atom stereocenters. The van der Waals surface area contributed by atoms with Crippen molar-refractivity contribution in [3.8, 4) is 0 Å². The van der Waals surface area contributed by atoms with E-state index >= 15 is 0 Å². The summed E-state index contributed by atoms with van der Waals surface area (Å²) in [5.41, 5.74) is 1.17. The van der Waals surface area contributed by atoms with Gasteiger partial charge >= 0.3 is 12.0 Å². The fourth-order valence-electron chi connectivity index (χ4n) is 4.47. The summed E-state index contributed by atoms with van der Waals surface area (Å²) >= 11 is 0. The van der Waals surface area contributed by atoms with Gasteiger partial charge in [0.1, 0.15) is 0 Å². The van der Waals surface area contributed by atoms with Crippen LogP contribution in [0.15, 0.2) is 30.3 Å². The normalized spacial score (nSPS) is 23.6. The zero-order valence-electron chi connectivity index (χ0n) is 16.1. The molecule has 27 heavy (non-hydrogen) atoms. The monoisotopic (exact) mass is 373 g/mol. The number of hydrogen-bond donors (Lipinski definition) is 3. The number of amides is 2. The smallest absolute Gasteiger partial charge is 0.317 e. The lowest BCUT2D eigenvalue weighted by Gasteiger charge is -2.42. The number of carbonyl (C=O) groups excluding carboxylic acids is 1. The summed E-state index contributed by atoms with van der Waals surface area (Å²) < 4.78 is 0. The number of hydrogen-bond acceptors (Lipinski definition) is 3. The molecule has 0 saturated heterocycles. The van der Waals surface area contributed by atoms with Crippen molar-refractivity contribution in [1.82, 2.24) is 15.5 Å². The lowest BCUT2D eigenvalue weighted by molar-refractivity contribution is -0.139. The number of urea groups is 1. The van der Waals surface area contributed by atoms with Crippen molar-refractivity contribution in [3.05, 3.63) is 35.9 Å². The zero-order valence-corrected chi connectivity index (χ0v) is 16.1. The lowest BCUT2D eigenvalue weighted by atomic mass is 9.85. The van der Waals surface area contributed by atoms with Gasteiger partial charge in [-0.1, -0.05) is 50.1 Å². The maximum Gasteiger partial charge on any atom is 0.317 e. The predicted octanol–water partition coefficient (Wildman–Crippen LogP) is 3.15. The third kappa shape index (κ3) is 5.22. The summed E-state index contributed by atoms with van der Waals surface area (Å²) in [4.78, 5) is 25.5. The highest BCUT2D eigenvalue weighted by Crippen LogP contribution is 2.35. The summed E-state index contributed by atoms with van der Waals surface area (Å²) in [7, 11) is 0. The van der Waals surface area contributed by atoms with Crippen molar-refractivity contribution in [2.45, 2.75) is 63.6 Å². The van der Waals surface area contributed by atoms with E-state index in [1.165, 1.54) is 18.4 Å². The highest BCUT2D eigenvalue weighted by molar-refractivity contribution is 5.75. The molecule has 1 unspecified atom stereocenters. The van der Waals surface area contributed by atoms with Crippen molar-refractivity contribution in [2.24, 2.45) is 5.92 Å². The quantitative estimate of drug-likeness (QED) is 0.654. The summed E-state index contributed by atoms with van der Waals surface area (Å²) in [6, 6.07) is 10.5. The Bertz CT molecular complexity index is 625. The van der Waals surface area contributed by atoms with Crippen molar-refractivity contribution >= 4 is 12.0 Å². The van der Waals surface area contributed by atoms with E-state index in [1.807, 2.05) is 30.0 Å². The molecule has 2 fully saturated rings. The molecule has 1 aromatic carbocycles. The van der Waals surface area contributed by atoms with Crippen LogP contribution in [0.4, 0.5) is 4.79 Å². The van der Waals surface area contributed by atoms with Gasteiger partial charge in [-0.25, -0.2) is 4.79 Å². The molecule has 0 spiro atoms. The van der Waals surface area contributed by atoms with Crippen LogP contribution >= 0.6 is 0 Å². The molecule has 1 aromatic rings. The van der Waals surface area contributed by atoms with Crippen LogP contribution in [0.2, 0.25) is 0 Å². The molecule has 2 saturated carbocycles. The van der Waals surface area contributed by atoms with Gasteiger partial charge in [-0.15, -0.1) is 0 Å². The maximum absolute atomic E-state index is 12.6. The van der Waals surface area contributed by atoms with Gasteiger partial charge in [0.15, 0.2) is 0 Å². The van der Waals surface area contributed by atoms with Gasteiger partial charge in [0.05, 0.1) is 12.6 Å². The van der Waals surface area contributed by atoms with E-state index < -0.39 is 5.97 Å². The summed E-state index contributed by atoms with van der Waals surface area (Å²) in [5, 5.41) is 15.3. The van der Waals surface area contributed by atoms with Crippen LogP contribution in [0.5, 0.6) is 0 Å². The van der Waals surface area contributed by atoms with Gasteiger partial charge in [-0.05, 0) is 43.7 Å².